The summed E-state index contributed by atoms with van der Waals surface area (Å²) in [6.45, 7) is 2.24. The third-order valence-electron chi connectivity index (χ3n) is 4.41. The van der Waals surface area contributed by atoms with E-state index in [0.29, 0.717) is 0 Å². The molecule has 1 aliphatic rings. The molecule has 2 aromatic carbocycles. The fourth-order valence-corrected chi connectivity index (χ4v) is 3.06. The second-order valence-corrected chi connectivity index (χ2v) is 6.16. The number of anilines is 2. The number of carbonyl (C=O) groups is 1. The topological polar surface area (TPSA) is 41.6 Å². The van der Waals surface area contributed by atoms with Gasteiger partial charge in [0.05, 0.1) is 7.11 Å². The number of piperidine rings is 1. The third kappa shape index (κ3) is 5.27. The first kappa shape index (κ1) is 19.9. The first-order chi connectivity index (χ1) is 12.3. The quantitative estimate of drug-likeness (QED) is 0.769. The number of nitrogens with one attached hydrogen (secondary N) is 1. The van der Waals surface area contributed by atoms with E-state index in [1.54, 1.807) is 13.2 Å². The Morgan fingerprint density at radius 1 is 1.04 bits per heavy atom. The highest BCUT2D eigenvalue weighted by atomic mass is 35.5. The van der Waals surface area contributed by atoms with Crippen LogP contribution in [0.15, 0.2) is 54.6 Å². The van der Waals surface area contributed by atoms with Gasteiger partial charge in [-0.1, -0.05) is 18.2 Å². The van der Waals surface area contributed by atoms with Crippen LogP contribution < -0.4 is 15.0 Å². The van der Waals surface area contributed by atoms with Gasteiger partial charge in [0.2, 0.25) is 5.91 Å². The number of methoxy groups -OCH3 is 1. The molecule has 138 valence electrons. The van der Waals surface area contributed by atoms with Crippen LogP contribution in [0.4, 0.5) is 11.4 Å². The normalized spacial score (nSPS) is 14.0. The van der Waals surface area contributed by atoms with Crippen molar-refractivity contribution in [2.45, 2.75) is 19.3 Å². The molecule has 0 spiro atoms. The summed E-state index contributed by atoms with van der Waals surface area (Å²) in [6.07, 6.45) is 7.12. The zero-order valence-corrected chi connectivity index (χ0v) is 15.8. The summed E-state index contributed by atoms with van der Waals surface area (Å²) >= 11 is 0. The Labute approximate surface area is 161 Å². The Bertz CT molecular complexity index is 738. The van der Waals surface area contributed by atoms with Gasteiger partial charge in [0.15, 0.2) is 0 Å². The number of carbonyl (C=O) groups excluding carboxylic acids is 1. The lowest BCUT2D eigenvalue weighted by molar-refractivity contribution is -0.111. The Kier molecular flexibility index (Phi) is 7.54. The molecule has 1 N–H and O–H groups in total. The van der Waals surface area contributed by atoms with Crippen LogP contribution in [-0.4, -0.2) is 26.1 Å². The van der Waals surface area contributed by atoms with Gasteiger partial charge in [0.25, 0.3) is 0 Å². The maximum atomic E-state index is 12.1. The van der Waals surface area contributed by atoms with Crippen LogP contribution in [0.25, 0.3) is 6.08 Å². The van der Waals surface area contributed by atoms with Crippen LogP contribution in [0.3, 0.4) is 0 Å². The van der Waals surface area contributed by atoms with E-state index in [9.17, 15) is 4.79 Å². The lowest BCUT2D eigenvalue weighted by atomic mass is 10.1. The number of benzene rings is 2. The highest BCUT2D eigenvalue weighted by Crippen LogP contribution is 2.22. The van der Waals surface area contributed by atoms with Crippen LogP contribution >= 0.6 is 12.4 Å². The molecule has 3 rings (SSSR count). The maximum absolute atomic E-state index is 12.1. The van der Waals surface area contributed by atoms with E-state index in [1.807, 2.05) is 36.4 Å². The number of halogens is 1. The van der Waals surface area contributed by atoms with Gasteiger partial charge in [-0.15, -0.1) is 12.4 Å². The van der Waals surface area contributed by atoms with Crippen LogP contribution in [0, 0.1) is 0 Å². The number of ether oxygens (including phenoxy) is 1. The van der Waals surface area contributed by atoms with Gasteiger partial charge in [-0.25, -0.2) is 0 Å². The molecule has 1 heterocycles. The molecule has 0 aliphatic carbocycles. The minimum atomic E-state index is -0.156. The Hall–Kier alpha value is -2.46. The fourth-order valence-electron chi connectivity index (χ4n) is 3.06. The van der Waals surface area contributed by atoms with Crippen molar-refractivity contribution in [1.82, 2.24) is 0 Å². The lowest BCUT2D eigenvalue weighted by Crippen LogP contribution is -2.29. The van der Waals surface area contributed by atoms with E-state index >= 15 is 0 Å². The van der Waals surface area contributed by atoms with E-state index < -0.39 is 0 Å². The summed E-state index contributed by atoms with van der Waals surface area (Å²) in [6, 6.07) is 15.7. The van der Waals surface area contributed by atoms with Crippen molar-refractivity contribution in [2.75, 3.05) is 30.4 Å². The van der Waals surface area contributed by atoms with E-state index in [2.05, 4.69) is 22.3 Å². The van der Waals surface area contributed by atoms with Gasteiger partial charge in [-0.05, 0) is 55.7 Å². The number of hydrogen-bond donors (Lipinski definition) is 1. The van der Waals surface area contributed by atoms with Crippen LogP contribution in [0.1, 0.15) is 24.8 Å². The van der Waals surface area contributed by atoms with Crippen molar-refractivity contribution >= 4 is 35.8 Å². The Balaban J connectivity index is 0.00000243. The summed E-state index contributed by atoms with van der Waals surface area (Å²) in [5.41, 5.74) is 2.90. The molecule has 0 aromatic heterocycles. The number of nitrogens with zero attached hydrogens (tertiary/aromatic N) is 1. The first-order valence-corrected chi connectivity index (χ1v) is 8.73. The molecule has 1 amide bonds. The molecule has 26 heavy (non-hydrogen) atoms. The first-order valence-electron chi connectivity index (χ1n) is 8.73. The molecule has 4 nitrogen and oxygen atoms in total. The number of para-hydroxylation sites is 1. The van der Waals surface area contributed by atoms with Crippen LogP contribution in [0.5, 0.6) is 5.75 Å². The highest BCUT2D eigenvalue weighted by molar-refractivity contribution is 6.02. The van der Waals surface area contributed by atoms with Gasteiger partial charge in [-0.2, -0.15) is 0 Å². The van der Waals surface area contributed by atoms with Gasteiger partial charge in [0.1, 0.15) is 5.75 Å². The van der Waals surface area contributed by atoms with Crippen LogP contribution in [0.2, 0.25) is 0 Å². The number of hydrogen-bond acceptors (Lipinski definition) is 3. The molecule has 0 atom stereocenters. The molecule has 2 aromatic rings. The second kappa shape index (κ2) is 9.88. The molecule has 1 fully saturated rings. The van der Waals surface area contributed by atoms with Gasteiger partial charge >= 0.3 is 0 Å². The average molecular weight is 373 g/mol. The molecule has 5 heteroatoms. The summed E-state index contributed by atoms with van der Waals surface area (Å²) in [4.78, 5) is 14.5. The molecule has 0 saturated carbocycles. The van der Waals surface area contributed by atoms with E-state index in [-0.39, 0.29) is 18.3 Å². The molecule has 0 radical (unpaired) electrons. The van der Waals surface area contributed by atoms with Crippen molar-refractivity contribution < 1.29 is 9.53 Å². The average Bonchev–Trinajstić information content (AvgIpc) is 2.68. The highest BCUT2D eigenvalue weighted by Gasteiger charge is 2.10. The number of rotatable bonds is 5. The summed E-state index contributed by atoms with van der Waals surface area (Å²) in [5, 5.41) is 2.89. The zero-order chi connectivity index (χ0) is 17.5. The van der Waals surface area contributed by atoms with Crippen molar-refractivity contribution in [2.24, 2.45) is 0 Å². The Morgan fingerprint density at radius 2 is 1.73 bits per heavy atom. The Morgan fingerprint density at radius 3 is 2.42 bits per heavy atom. The molecule has 1 saturated heterocycles. The standard InChI is InChI=1S/C21H24N2O2.ClH/c1-25-20-8-4-3-7-17(20)9-14-21(24)22-18-10-12-19(13-11-18)23-15-5-2-6-16-23;/h3-4,7-14H,2,5-6,15-16H2,1H3,(H,22,24);1H. The van der Waals surface area contributed by atoms with Crippen LogP contribution in [-0.2, 0) is 4.79 Å². The molecular formula is C21H25ClN2O2. The lowest BCUT2D eigenvalue weighted by Gasteiger charge is -2.28. The smallest absolute Gasteiger partial charge is 0.248 e. The second-order valence-electron chi connectivity index (χ2n) is 6.16. The zero-order valence-electron chi connectivity index (χ0n) is 15.0. The molecular weight excluding hydrogens is 348 g/mol. The molecule has 0 bridgehead atoms. The van der Waals surface area contributed by atoms with Gasteiger partial charge < -0.3 is 15.0 Å². The monoisotopic (exact) mass is 372 g/mol. The van der Waals surface area contributed by atoms with E-state index in [0.717, 1.165) is 30.1 Å². The maximum Gasteiger partial charge on any atom is 0.248 e. The predicted molar refractivity (Wildman–Crippen MR) is 110 cm³/mol. The van der Waals surface area contributed by atoms with Gasteiger partial charge in [0, 0.05) is 36.1 Å². The number of amides is 1. The van der Waals surface area contributed by atoms with E-state index in [1.165, 1.54) is 31.0 Å². The van der Waals surface area contributed by atoms with E-state index in [4.69, 9.17) is 4.74 Å². The van der Waals surface area contributed by atoms with Crippen molar-refractivity contribution in [3.63, 3.8) is 0 Å². The van der Waals surface area contributed by atoms with Gasteiger partial charge in [-0.3, -0.25) is 4.79 Å². The largest absolute Gasteiger partial charge is 0.496 e. The van der Waals surface area contributed by atoms with Crippen molar-refractivity contribution in [1.29, 1.82) is 0 Å². The molecule has 1 aliphatic heterocycles. The summed E-state index contributed by atoms with van der Waals surface area (Å²) in [7, 11) is 1.62. The minimum Gasteiger partial charge on any atom is -0.496 e. The molecule has 0 unspecified atom stereocenters. The SMILES string of the molecule is COc1ccccc1C=CC(=O)Nc1ccc(N2CCCCC2)cc1.Cl. The summed E-state index contributed by atoms with van der Waals surface area (Å²) in [5.74, 6) is 0.592. The van der Waals surface area contributed by atoms with Crippen molar-refractivity contribution in [3.05, 3.63) is 60.2 Å². The minimum absolute atomic E-state index is 0. The summed E-state index contributed by atoms with van der Waals surface area (Å²) < 4.78 is 5.28. The third-order valence-corrected chi connectivity index (χ3v) is 4.41. The van der Waals surface area contributed by atoms with Crippen molar-refractivity contribution in [3.8, 4) is 5.75 Å². The predicted octanol–water partition coefficient (Wildman–Crippen LogP) is 4.76. The fraction of sp³-hybridized carbons (Fsp3) is 0.286.